The van der Waals surface area contributed by atoms with Crippen LogP contribution < -0.4 is 4.72 Å². The zero-order chi connectivity index (χ0) is 19.9. The Morgan fingerprint density at radius 3 is 2.64 bits per heavy atom. The number of carbonyl (C=O) groups is 1. The summed E-state index contributed by atoms with van der Waals surface area (Å²) < 4.78 is 28.6. The highest BCUT2D eigenvalue weighted by molar-refractivity contribution is 7.89. The minimum Gasteiger partial charge on any atom is -0.358 e. The summed E-state index contributed by atoms with van der Waals surface area (Å²) in [5.74, 6) is 0.202. The molecule has 1 unspecified atom stereocenters. The monoisotopic (exact) mass is 396 g/mol. The summed E-state index contributed by atoms with van der Waals surface area (Å²) in [5.41, 5.74) is 4.10. The van der Waals surface area contributed by atoms with E-state index in [2.05, 4.69) is 9.71 Å². The number of hydrogen-bond acceptors (Lipinski definition) is 3. The third-order valence-electron chi connectivity index (χ3n) is 5.52. The Kier molecular flexibility index (Phi) is 4.85. The van der Waals surface area contributed by atoms with Gasteiger partial charge in [0.25, 0.3) is 0 Å². The molecule has 1 atom stereocenters. The van der Waals surface area contributed by atoms with E-state index in [0.717, 1.165) is 35.0 Å². The number of ketones is 1. The Bertz CT molecular complexity index is 1150. The van der Waals surface area contributed by atoms with E-state index in [1.54, 1.807) is 13.0 Å². The van der Waals surface area contributed by atoms with Crippen LogP contribution in [0.25, 0.3) is 10.9 Å². The Morgan fingerprint density at radius 2 is 1.89 bits per heavy atom. The Hall–Kier alpha value is -2.44. The minimum absolute atomic E-state index is 0.0652. The summed E-state index contributed by atoms with van der Waals surface area (Å²) in [4.78, 5) is 15.8. The van der Waals surface area contributed by atoms with Crippen LogP contribution >= 0.6 is 0 Å². The number of aryl methyl sites for hydroxylation is 2. The fraction of sp³-hybridized carbons (Fsp3) is 0.318. The van der Waals surface area contributed by atoms with Gasteiger partial charge in [0.2, 0.25) is 10.0 Å². The second-order valence-corrected chi connectivity index (χ2v) is 9.32. The van der Waals surface area contributed by atoms with Crippen molar-refractivity contribution in [3.05, 3.63) is 64.8 Å². The van der Waals surface area contributed by atoms with Crippen molar-refractivity contribution in [1.29, 1.82) is 0 Å². The fourth-order valence-corrected chi connectivity index (χ4v) is 5.32. The quantitative estimate of drug-likeness (QED) is 0.682. The van der Waals surface area contributed by atoms with E-state index in [0.29, 0.717) is 24.0 Å². The number of nitrogens with one attached hydrogen (secondary N) is 2. The number of aromatic nitrogens is 1. The molecule has 2 aromatic carbocycles. The first-order chi connectivity index (χ1) is 13.4. The molecule has 0 saturated carbocycles. The first-order valence-electron chi connectivity index (χ1n) is 9.60. The standard InChI is InChI=1S/C22H24N2O3S/c1-14-11-17-19(24-18-9-6-10-20(25)22(17)18)12-21(14)28(26,27)23-13-15(2)16-7-4-3-5-8-16/h3-5,7-8,11-12,15,23-24H,6,9-10,13H2,1-2H3. The van der Waals surface area contributed by atoms with Gasteiger partial charge >= 0.3 is 0 Å². The Labute approximate surface area is 165 Å². The van der Waals surface area contributed by atoms with Crippen molar-refractivity contribution in [3.8, 4) is 0 Å². The first-order valence-corrected chi connectivity index (χ1v) is 11.1. The van der Waals surface area contributed by atoms with E-state index in [4.69, 9.17) is 0 Å². The smallest absolute Gasteiger partial charge is 0.240 e. The van der Waals surface area contributed by atoms with Crippen LogP contribution in [0.5, 0.6) is 0 Å². The van der Waals surface area contributed by atoms with E-state index in [1.807, 2.05) is 43.3 Å². The third-order valence-corrected chi connectivity index (χ3v) is 7.08. The van der Waals surface area contributed by atoms with Crippen LogP contribution in [-0.4, -0.2) is 25.7 Å². The van der Waals surface area contributed by atoms with Crippen LogP contribution in [0.1, 0.15) is 52.9 Å². The van der Waals surface area contributed by atoms with Crippen LogP contribution in [0.2, 0.25) is 0 Å². The van der Waals surface area contributed by atoms with Gasteiger partial charge in [0.15, 0.2) is 5.78 Å². The summed E-state index contributed by atoms with van der Waals surface area (Å²) in [5, 5.41) is 0.828. The lowest BCUT2D eigenvalue weighted by molar-refractivity contribution is 0.0974. The van der Waals surface area contributed by atoms with E-state index < -0.39 is 10.0 Å². The molecule has 3 aromatic rings. The molecule has 4 rings (SSSR count). The van der Waals surface area contributed by atoms with Crippen molar-refractivity contribution in [2.45, 2.75) is 43.9 Å². The van der Waals surface area contributed by atoms with Crippen molar-refractivity contribution < 1.29 is 13.2 Å². The molecule has 6 heteroatoms. The Morgan fingerprint density at radius 1 is 1.14 bits per heavy atom. The molecular weight excluding hydrogens is 372 g/mol. The van der Waals surface area contributed by atoms with Gasteiger partial charge in [-0.3, -0.25) is 4.79 Å². The zero-order valence-electron chi connectivity index (χ0n) is 16.1. The van der Waals surface area contributed by atoms with Gasteiger partial charge in [-0.25, -0.2) is 13.1 Å². The Balaban J connectivity index is 1.64. The number of benzene rings is 2. The molecule has 5 nitrogen and oxygen atoms in total. The molecule has 1 aliphatic rings. The maximum atomic E-state index is 12.9. The van der Waals surface area contributed by atoms with Crippen LogP contribution in [-0.2, 0) is 16.4 Å². The van der Waals surface area contributed by atoms with Crippen LogP contribution in [0.3, 0.4) is 0 Å². The molecule has 0 radical (unpaired) electrons. The number of sulfonamides is 1. The summed E-state index contributed by atoms with van der Waals surface area (Å²) in [6, 6.07) is 13.3. The molecule has 146 valence electrons. The van der Waals surface area contributed by atoms with Gasteiger partial charge in [0.05, 0.1) is 4.90 Å². The van der Waals surface area contributed by atoms with Gasteiger partial charge in [-0.1, -0.05) is 37.3 Å². The largest absolute Gasteiger partial charge is 0.358 e. The van der Waals surface area contributed by atoms with Gasteiger partial charge in [-0.2, -0.15) is 0 Å². The van der Waals surface area contributed by atoms with Gasteiger partial charge in [0.1, 0.15) is 0 Å². The molecule has 0 fully saturated rings. The van der Waals surface area contributed by atoms with Crippen molar-refractivity contribution in [3.63, 3.8) is 0 Å². The van der Waals surface area contributed by atoms with Crippen molar-refractivity contribution in [2.75, 3.05) is 6.54 Å². The van der Waals surface area contributed by atoms with Crippen molar-refractivity contribution in [1.82, 2.24) is 9.71 Å². The molecule has 0 bridgehead atoms. The molecule has 1 aromatic heterocycles. The number of rotatable bonds is 5. The van der Waals surface area contributed by atoms with Gasteiger partial charge in [-0.05, 0) is 48.9 Å². The molecular formula is C22H24N2O3S. The molecule has 0 saturated heterocycles. The van der Waals surface area contributed by atoms with Crippen LogP contribution in [0.15, 0.2) is 47.4 Å². The lowest BCUT2D eigenvalue weighted by Crippen LogP contribution is -2.28. The van der Waals surface area contributed by atoms with E-state index >= 15 is 0 Å². The summed E-state index contributed by atoms with van der Waals surface area (Å²) in [6.07, 6.45) is 2.21. The van der Waals surface area contributed by atoms with Gasteiger partial charge in [-0.15, -0.1) is 0 Å². The fourth-order valence-electron chi connectivity index (χ4n) is 3.94. The van der Waals surface area contributed by atoms with Crippen LogP contribution in [0, 0.1) is 6.92 Å². The highest BCUT2D eigenvalue weighted by Gasteiger charge is 2.25. The highest BCUT2D eigenvalue weighted by atomic mass is 32.2. The summed E-state index contributed by atoms with van der Waals surface area (Å²) >= 11 is 0. The van der Waals surface area contributed by atoms with Crippen LogP contribution in [0.4, 0.5) is 0 Å². The second-order valence-electron chi connectivity index (χ2n) is 7.58. The highest BCUT2D eigenvalue weighted by Crippen LogP contribution is 2.32. The topological polar surface area (TPSA) is 79.0 Å². The SMILES string of the molecule is Cc1cc2c3c([nH]c2cc1S(=O)(=O)NCC(C)c1ccccc1)CCCC3=O. The van der Waals surface area contributed by atoms with Crippen molar-refractivity contribution >= 4 is 26.7 Å². The predicted octanol–water partition coefficient (Wildman–Crippen LogP) is 4.08. The number of fused-ring (bicyclic) bond motifs is 3. The number of hydrogen-bond donors (Lipinski definition) is 2. The average molecular weight is 397 g/mol. The average Bonchev–Trinajstić information content (AvgIpc) is 3.05. The molecule has 1 aliphatic carbocycles. The maximum Gasteiger partial charge on any atom is 0.240 e. The van der Waals surface area contributed by atoms with E-state index in [1.165, 1.54) is 0 Å². The zero-order valence-corrected chi connectivity index (χ0v) is 16.9. The number of H-pyrrole nitrogens is 1. The van der Waals surface area contributed by atoms with E-state index in [-0.39, 0.29) is 16.6 Å². The maximum absolute atomic E-state index is 12.9. The predicted molar refractivity (Wildman–Crippen MR) is 110 cm³/mol. The third kappa shape index (κ3) is 3.38. The first kappa shape index (κ1) is 18.9. The lowest BCUT2D eigenvalue weighted by Gasteiger charge is -2.15. The molecule has 2 N–H and O–H groups in total. The van der Waals surface area contributed by atoms with Gasteiger partial charge < -0.3 is 4.98 Å². The molecule has 28 heavy (non-hydrogen) atoms. The number of Topliss-reactive ketones (excluding diaryl/α,β-unsaturated/α-hetero) is 1. The molecule has 0 spiro atoms. The number of carbonyl (C=O) groups excluding carboxylic acids is 1. The van der Waals surface area contributed by atoms with Crippen molar-refractivity contribution in [2.24, 2.45) is 0 Å². The lowest BCUT2D eigenvalue weighted by atomic mass is 9.94. The number of aromatic amines is 1. The normalized spacial score (nSPS) is 15.6. The minimum atomic E-state index is -3.66. The summed E-state index contributed by atoms with van der Waals surface area (Å²) in [6.45, 7) is 4.10. The van der Waals surface area contributed by atoms with Gasteiger partial charge in [0, 0.05) is 35.1 Å². The summed E-state index contributed by atoms with van der Waals surface area (Å²) in [7, 11) is -3.66. The van der Waals surface area contributed by atoms with E-state index in [9.17, 15) is 13.2 Å². The molecule has 0 amide bonds. The second kappa shape index (κ2) is 7.18. The molecule has 0 aliphatic heterocycles. The molecule has 1 heterocycles.